The molecule has 1 heterocycles. The van der Waals surface area contributed by atoms with Crippen LogP contribution in [0.25, 0.3) is 0 Å². The molecule has 2 N–H and O–H groups in total. The van der Waals surface area contributed by atoms with Crippen LogP contribution in [0.3, 0.4) is 0 Å². The van der Waals surface area contributed by atoms with E-state index in [-0.39, 0.29) is 15.7 Å². The van der Waals surface area contributed by atoms with Gasteiger partial charge in [-0.1, -0.05) is 15.9 Å². The average molecular weight is 557 g/mol. The molecular weight excluding hydrogens is 544 g/mol. The van der Waals surface area contributed by atoms with Crippen molar-refractivity contribution in [2.24, 2.45) is 0 Å². The summed E-state index contributed by atoms with van der Waals surface area (Å²) in [4.78, 5) is 1.74. The van der Waals surface area contributed by atoms with Gasteiger partial charge in [0.05, 0.1) is 5.69 Å². The first-order chi connectivity index (χ1) is 14.7. The Labute approximate surface area is 184 Å². The van der Waals surface area contributed by atoms with E-state index in [4.69, 9.17) is 0 Å². The number of halogens is 9. The van der Waals surface area contributed by atoms with Gasteiger partial charge in [-0.2, -0.15) is 22.0 Å². The van der Waals surface area contributed by atoms with Crippen LogP contribution in [0, 0.1) is 5.82 Å². The Kier molecular flexibility index (Phi) is 6.56. The van der Waals surface area contributed by atoms with Gasteiger partial charge in [0.15, 0.2) is 5.60 Å². The number of H-pyrrole nitrogens is 1. The average Bonchev–Trinajstić information content (AvgIpc) is 3.06. The van der Waals surface area contributed by atoms with E-state index in [2.05, 4.69) is 25.7 Å². The lowest BCUT2D eigenvalue weighted by Gasteiger charge is -2.38. The summed E-state index contributed by atoms with van der Waals surface area (Å²) in [5.41, 5.74) is -5.17. The smallest absolute Gasteiger partial charge is 0.363 e. The lowest BCUT2D eigenvalue weighted by atomic mass is 9.83. The standard InChI is InChI=1S/C17H13BrF8N2O3S/c18-9-4-10(19)11(3-8(9)14(20)21)28-32(29,30)13-6-27-12-5-16(17(24,25)26,31-15(22)23)2-1-7(12)13/h3-4,6,14-15,27-28H,1-2,5H2/t16-/m1/s1. The highest BCUT2D eigenvalue weighted by Gasteiger charge is 2.59. The molecule has 15 heteroatoms. The minimum absolute atomic E-state index is 0.137. The van der Waals surface area contributed by atoms with E-state index in [9.17, 15) is 43.5 Å². The quantitative estimate of drug-likeness (QED) is 0.449. The van der Waals surface area contributed by atoms with Crippen molar-refractivity contribution in [2.75, 3.05) is 4.72 Å². The summed E-state index contributed by atoms with van der Waals surface area (Å²) in [7, 11) is -4.64. The van der Waals surface area contributed by atoms with Gasteiger partial charge in [0.2, 0.25) is 0 Å². The highest BCUT2D eigenvalue weighted by molar-refractivity contribution is 9.10. The number of anilines is 1. The summed E-state index contributed by atoms with van der Waals surface area (Å²) in [5, 5.41) is 0. The molecule has 0 amide bonds. The fourth-order valence-corrected chi connectivity index (χ4v) is 5.25. The van der Waals surface area contributed by atoms with E-state index >= 15 is 0 Å². The molecule has 0 fully saturated rings. The molecule has 0 unspecified atom stereocenters. The number of fused-ring (bicyclic) bond motifs is 1. The van der Waals surface area contributed by atoms with Gasteiger partial charge in [-0.15, -0.1) is 0 Å². The Bertz CT molecular complexity index is 1120. The molecule has 1 atom stereocenters. The first-order valence-electron chi connectivity index (χ1n) is 8.68. The maximum absolute atomic E-state index is 14.1. The Morgan fingerprint density at radius 1 is 1.19 bits per heavy atom. The van der Waals surface area contributed by atoms with Gasteiger partial charge < -0.3 is 9.72 Å². The van der Waals surface area contributed by atoms with Gasteiger partial charge in [-0.3, -0.25) is 4.72 Å². The topological polar surface area (TPSA) is 71.2 Å². The third-order valence-corrected chi connectivity index (χ3v) is 7.09. The number of hydrogen-bond acceptors (Lipinski definition) is 3. The van der Waals surface area contributed by atoms with Crippen LogP contribution in [0.1, 0.15) is 29.7 Å². The van der Waals surface area contributed by atoms with E-state index in [0.29, 0.717) is 12.1 Å². The Balaban J connectivity index is 1.96. The van der Waals surface area contributed by atoms with Crippen molar-refractivity contribution in [2.45, 2.75) is 49.0 Å². The van der Waals surface area contributed by atoms with Gasteiger partial charge in [-0.05, 0) is 30.5 Å². The van der Waals surface area contributed by atoms with Crippen LogP contribution in [0.15, 0.2) is 27.7 Å². The molecular formula is C17H13BrF8N2O3S. The third kappa shape index (κ3) is 4.59. The first-order valence-corrected chi connectivity index (χ1v) is 11.0. The van der Waals surface area contributed by atoms with Crippen molar-refractivity contribution in [1.82, 2.24) is 4.98 Å². The SMILES string of the molecule is O=S(=O)(Nc1cc(C(F)F)c(Br)cc1F)c1c[nH]c2c1CC[C@](OC(F)F)(C(F)(F)F)C2. The van der Waals surface area contributed by atoms with Crippen molar-refractivity contribution in [1.29, 1.82) is 0 Å². The molecule has 0 radical (unpaired) electrons. The van der Waals surface area contributed by atoms with Gasteiger partial charge in [0.25, 0.3) is 16.4 Å². The number of ether oxygens (including phenoxy) is 1. The molecule has 2 aromatic rings. The highest BCUT2D eigenvalue weighted by atomic mass is 79.9. The zero-order chi connectivity index (χ0) is 24.1. The molecule has 0 saturated carbocycles. The molecule has 32 heavy (non-hydrogen) atoms. The summed E-state index contributed by atoms with van der Waals surface area (Å²) >= 11 is 2.73. The molecule has 0 saturated heterocycles. The summed E-state index contributed by atoms with van der Waals surface area (Å²) in [6.45, 7) is -3.72. The lowest BCUT2D eigenvalue weighted by molar-refractivity contribution is -0.330. The minimum Gasteiger partial charge on any atom is -0.363 e. The second kappa shape index (κ2) is 8.48. The van der Waals surface area contributed by atoms with E-state index in [1.165, 1.54) is 0 Å². The van der Waals surface area contributed by atoms with Crippen molar-refractivity contribution in [3.63, 3.8) is 0 Å². The maximum Gasteiger partial charge on any atom is 0.418 e. The van der Waals surface area contributed by atoms with E-state index in [1.54, 1.807) is 4.72 Å². The van der Waals surface area contributed by atoms with Crippen LogP contribution >= 0.6 is 15.9 Å². The fraction of sp³-hybridized carbons (Fsp3) is 0.412. The van der Waals surface area contributed by atoms with Crippen molar-refractivity contribution >= 4 is 31.6 Å². The van der Waals surface area contributed by atoms with Crippen LogP contribution < -0.4 is 4.72 Å². The van der Waals surface area contributed by atoms with Gasteiger partial charge in [-0.25, -0.2) is 21.6 Å². The van der Waals surface area contributed by atoms with E-state index in [0.717, 1.165) is 6.20 Å². The van der Waals surface area contributed by atoms with Crippen molar-refractivity contribution < 1.29 is 48.3 Å². The molecule has 178 valence electrons. The normalized spacial score (nSPS) is 19.5. The van der Waals surface area contributed by atoms with E-state index in [1.807, 2.05) is 0 Å². The van der Waals surface area contributed by atoms with E-state index < -0.39 is 76.1 Å². The van der Waals surface area contributed by atoms with Crippen LogP contribution in [-0.4, -0.2) is 31.8 Å². The molecule has 3 rings (SSSR count). The second-order valence-corrected chi connectivity index (χ2v) is 9.42. The predicted molar refractivity (Wildman–Crippen MR) is 98.6 cm³/mol. The summed E-state index contributed by atoms with van der Waals surface area (Å²) in [6.07, 6.45) is -10.1. The maximum atomic E-state index is 14.1. The number of aromatic nitrogens is 1. The summed E-state index contributed by atoms with van der Waals surface area (Å²) in [5.74, 6) is -1.18. The molecule has 1 aliphatic carbocycles. The molecule has 0 aliphatic heterocycles. The van der Waals surface area contributed by atoms with Gasteiger partial charge in [0, 0.05) is 28.3 Å². The third-order valence-electron chi connectivity index (χ3n) is 4.97. The molecule has 1 aromatic heterocycles. The summed E-state index contributed by atoms with van der Waals surface area (Å²) in [6, 6.07) is 1.21. The van der Waals surface area contributed by atoms with Crippen LogP contribution in [0.2, 0.25) is 0 Å². The number of hydrogen-bond donors (Lipinski definition) is 2. The molecule has 5 nitrogen and oxygen atoms in total. The number of nitrogens with one attached hydrogen (secondary N) is 2. The zero-order valence-electron chi connectivity index (χ0n) is 15.5. The number of sulfonamides is 1. The monoisotopic (exact) mass is 556 g/mol. The minimum atomic E-state index is -5.17. The Hall–Kier alpha value is -1.87. The predicted octanol–water partition coefficient (Wildman–Crippen LogP) is 5.68. The zero-order valence-corrected chi connectivity index (χ0v) is 17.9. The lowest BCUT2D eigenvalue weighted by Crippen LogP contribution is -2.52. The van der Waals surface area contributed by atoms with Crippen molar-refractivity contribution in [3.8, 4) is 0 Å². The second-order valence-electron chi connectivity index (χ2n) is 6.92. The summed E-state index contributed by atoms with van der Waals surface area (Å²) < 4.78 is 137. The number of benzene rings is 1. The molecule has 1 aliphatic rings. The van der Waals surface area contributed by atoms with Crippen LogP contribution in [-0.2, 0) is 27.6 Å². The first kappa shape index (κ1) is 24.8. The number of rotatable bonds is 6. The number of aromatic amines is 1. The fourth-order valence-electron chi connectivity index (χ4n) is 3.44. The van der Waals surface area contributed by atoms with Crippen molar-refractivity contribution in [3.05, 3.63) is 45.4 Å². The van der Waals surface area contributed by atoms with Gasteiger partial charge >= 0.3 is 12.8 Å². The number of alkyl halides is 7. The Morgan fingerprint density at radius 3 is 2.41 bits per heavy atom. The largest absolute Gasteiger partial charge is 0.418 e. The molecule has 0 spiro atoms. The van der Waals surface area contributed by atoms with Crippen LogP contribution in [0.5, 0.6) is 0 Å². The van der Waals surface area contributed by atoms with Gasteiger partial charge in [0.1, 0.15) is 10.7 Å². The highest BCUT2D eigenvalue weighted by Crippen LogP contribution is 2.45. The molecule has 0 bridgehead atoms. The Morgan fingerprint density at radius 2 is 1.84 bits per heavy atom. The molecule has 1 aromatic carbocycles. The van der Waals surface area contributed by atoms with Crippen LogP contribution in [0.4, 0.5) is 40.8 Å².